The average molecular weight is 439 g/mol. The fourth-order valence-corrected chi connectivity index (χ4v) is 4.14. The largest absolute Gasteiger partial charge is 0.352 e. The van der Waals surface area contributed by atoms with E-state index >= 15 is 0 Å². The van der Waals surface area contributed by atoms with Crippen molar-refractivity contribution >= 4 is 34.1 Å². The van der Waals surface area contributed by atoms with E-state index in [0.717, 1.165) is 41.2 Å². The van der Waals surface area contributed by atoms with Gasteiger partial charge in [-0.1, -0.05) is 48.5 Å². The molecule has 0 bridgehead atoms. The summed E-state index contributed by atoms with van der Waals surface area (Å²) in [5, 5.41) is 14.1. The van der Waals surface area contributed by atoms with Gasteiger partial charge in [0.1, 0.15) is 5.82 Å². The molecular formula is C26H26N6O. The molecule has 2 aromatic carbocycles. The van der Waals surface area contributed by atoms with E-state index in [4.69, 9.17) is 0 Å². The molecule has 0 radical (unpaired) electrons. The number of nitrogens with zero attached hydrogens (tertiary/aromatic N) is 5. The summed E-state index contributed by atoms with van der Waals surface area (Å²) in [6.07, 6.45) is 2.24. The summed E-state index contributed by atoms with van der Waals surface area (Å²) in [6.45, 7) is 4.84. The summed E-state index contributed by atoms with van der Waals surface area (Å²) in [5.41, 5.74) is 2.19. The minimum Gasteiger partial charge on any atom is -0.352 e. The third kappa shape index (κ3) is 4.77. The molecule has 0 aliphatic carbocycles. The molecule has 1 saturated heterocycles. The van der Waals surface area contributed by atoms with Crippen molar-refractivity contribution in [3.05, 3.63) is 84.1 Å². The van der Waals surface area contributed by atoms with Crippen LogP contribution in [0.25, 0.3) is 10.8 Å². The van der Waals surface area contributed by atoms with E-state index in [2.05, 4.69) is 43.6 Å². The Morgan fingerprint density at radius 2 is 1.67 bits per heavy atom. The molecule has 0 saturated carbocycles. The quantitative estimate of drug-likeness (QED) is 0.508. The number of piperazine rings is 1. The lowest BCUT2D eigenvalue weighted by molar-refractivity contribution is -0.130. The molecule has 0 spiro atoms. The first kappa shape index (κ1) is 20.9. The van der Waals surface area contributed by atoms with Crippen molar-refractivity contribution in [1.29, 1.82) is 0 Å². The van der Waals surface area contributed by atoms with Crippen LogP contribution in [0.4, 0.5) is 17.5 Å². The average Bonchev–Trinajstić information content (AvgIpc) is 2.86. The highest BCUT2D eigenvalue weighted by molar-refractivity contribution is 5.90. The molecule has 1 fully saturated rings. The molecule has 2 aromatic heterocycles. The van der Waals surface area contributed by atoms with Crippen molar-refractivity contribution in [2.75, 3.05) is 36.4 Å². The van der Waals surface area contributed by atoms with E-state index in [0.29, 0.717) is 25.3 Å². The maximum Gasteiger partial charge on any atom is 0.227 e. The van der Waals surface area contributed by atoms with Crippen molar-refractivity contribution in [1.82, 2.24) is 20.1 Å². The van der Waals surface area contributed by atoms with Gasteiger partial charge in [0, 0.05) is 32.4 Å². The Bertz CT molecular complexity index is 1240. The highest BCUT2D eigenvalue weighted by Gasteiger charge is 2.22. The normalized spacial score (nSPS) is 13.8. The van der Waals surface area contributed by atoms with Gasteiger partial charge in [0.2, 0.25) is 5.91 Å². The number of hydrogen-bond acceptors (Lipinski definition) is 6. The third-order valence-electron chi connectivity index (χ3n) is 6.00. The van der Waals surface area contributed by atoms with Gasteiger partial charge in [0.15, 0.2) is 11.6 Å². The summed E-state index contributed by atoms with van der Waals surface area (Å²) >= 11 is 0. The summed E-state index contributed by atoms with van der Waals surface area (Å²) in [5.74, 6) is 2.38. The first-order valence-electron chi connectivity index (χ1n) is 11.2. The molecule has 4 aromatic rings. The van der Waals surface area contributed by atoms with Gasteiger partial charge in [0.05, 0.1) is 6.42 Å². The second-order valence-electron chi connectivity index (χ2n) is 8.31. The standard InChI is InChI=1S/C26H26N6O/c1-19-9-10-23(27-18-19)28-24-11-12-25(30-29-24)31-13-15-32(16-14-31)26(33)17-21-7-4-6-20-5-2-3-8-22(20)21/h2-12,18H,13-17H2,1H3,(H,27,28,29). The molecule has 7 nitrogen and oxygen atoms in total. The SMILES string of the molecule is Cc1ccc(Nc2ccc(N3CCN(C(=O)Cc4cccc5ccccc45)CC3)nn2)nc1. The fraction of sp³-hybridized carbons (Fsp3) is 0.231. The predicted molar refractivity (Wildman–Crippen MR) is 131 cm³/mol. The lowest BCUT2D eigenvalue weighted by Gasteiger charge is -2.35. The van der Waals surface area contributed by atoms with Crippen LogP contribution in [0.5, 0.6) is 0 Å². The van der Waals surface area contributed by atoms with Crippen LogP contribution in [0.3, 0.4) is 0 Å². The zero-order valence-electron chi connectivity index (χ0n) is 18.6. The van der Waals surface area contributed by atoms with Crippen LogP contribution in [0.1, 0.15) is 11.1 Å². The van der Waals surface area contributed by atoms with E-state index in [9.17, 15) is 4.79 Å². The number of amides is 1. The number of aryl methyl sites for hydroxylation is 1. The smallest absolute Gasteiger partial charge is 0.227 e. The second-order valence-corrected chi connectivity index (χ2v) is 8.31. The number of carbonyl (C=O) groups is 1. The Labute approximate surface area is 193 Å². The topological polar surface area (TPSA) is 74.2 Å². The van der Waals surface area contributed by atoms with Gasteiger partial charge in [-0.3, -0.25) is 4.79 Å². The highest BCUT2D eigenvalue weighted by atomic mass is 16.2. The molecule has 1 N–H and O–H groups in total. The third-order valence-corrected chi connectivity index (χ3v) is 6.00. The zero-order chi connectivity index (χ0) is 22.6. The summed E-state index contributed by atoms with van der Waals surface area (Å²) in [7, 11) is 0. The number of hydrogen-bond donors (Lipinski definition) is 1. The van der Waals surface area contributed by atoms with Crippen LogP contribution in [0.15, 0.2) is 72.9 Å². The number of anilines is 3. The van der Waals surface area contributed by atoms with Crippen molar-refractivity contribution in [2.45, 2.75) is 13.3 Å². The van der Waals surface area contributed by atoms with Crippen LogP contribution in [0.2, 0.25) is 0 Å². The molecular weight excluding hydrogens is 412 g/mol. The molecule has 5 rings (SSSR count). The monoisotopic (exact) mass is 438 g/mol. The number of pyridine rings is 1. The van der Waals surface area contributed by atoms with Crippen LogP contribution in [-0.4, -0.2) is 52.2 Å². The van der Waals surface area contributed by atoms with Gasteiger partial charge in [-0.05, 0) is 47.0 Å². The Morgan fingerprint density at radius 1 is 0.879 bits per heavy atom. The zero-order valence-corrected chi connectivity index (χ0v) is 18.6. The van der Waals surface area contributed by atoms with Crippen molar-refractivity contribution < 1.29 is 4.79 Å². The molecule has 3 heterocycles. The number of benzene rings is 2. The second kappa shape index (κ2) is 9.24. The van der Waals surface area contributed by atoms with Gasteiger partial charge < -0.3 is 15.1 Å². The Hall–Kier alpha value is -4.00. The highest BCUT2D eigenvalue weighted by Crippen LogP contribution is 2.21. The van der Waals surface area contributed by atoms with Crippen LogP contribution < -0.4 is 10.2 Å². The fourth-order valence-electron chi connectivity index (χ4n) is 4.14. The van der Waals surface area contributed by atoms with Gasteiger partial charge >= 0.3 is 0 Å². The van der Waals surface area contributed by atoms with Crippen molar-refractivity contribution in [3.63, 3.8) is 0 Å². The van der Waals surface area contributed by atoms with Crippen molar-refractivity contribution in [2.24, 2.45) is 0 Å². The summed E-state index contributed by atoms with van der Waals surface area (Å²) in [4.78, 5) is 21.4. The molecule has 0 unspecified atom stereocenters. The maximum absolute atomic E-state index is 13.0. The minimum absolute atomic E-state index is 0.169. The number of aromatic nitrogens is 3. The van der Waals surface area contributed by atoms with E-state index in [1.807, 2.05) is 66.6 Å². The van der Waals surface area contributed by atoms with E-state index in [1.54, 1.807) is 0 Å². The van der Waals surface area contributed by atoms with Crippen molar-refractivity contribution in [3.8, 4) is 0 Å². The molecule has 1 aliphatic heterocycles. The van der Waals surface area contributed by atoms with Crippen LogP contribution in [-0.2, 0) is 11.2 Å². The number of fused-ring (bicyclic) bond motifs is 1. The predicted octanol–water partition coefficient (Wildman–Crippen LogP) is 3.97. The van der Waals surface area contributed by atoms with Crippen LogP contribution >= 0.6 is 0 Å². The first-order valence-corrected chi connectivity index (χ1v) is 11.2. The number of carbonyl (C=O) groups excluding carboxylic acids is 1. The van der Waals surface area contributed by atoms with Gasteiger partial charge in [-0.15, -0.1) is 10.2 Å². The van der Waals surface area contributed by atoms with Crippen LogP contribution in [0, 0.1) is 6.92 Å². The lowest BCUT2D eigenvalue weighted by Crippen LogP contribution is -2.49. The molecule has 33 heavy (non-hydrogen) atoms. The Morgan fingerprint density at radius 3 is 2.42 bits per heavy atom. The Balaban J connectivity index is 1.17. The molecule has 0 atom stereocenters. The number of rotatable bonds is 5. The Kier molecular flexibility index (Phi) is 5.85. The van der Waals surface area contributed by atoms with E-state index < -0.39 is 0 Å². The first-order chi connectivity index (χ1) is 16.2. The summed E-state index contributed by atoms with van der Waals surface area (Å²) < 4.78 is 0. The summed E-state index contributed by atoms with van der Waals surface area (Å²) in [6, 6.07) is 22.1. The van der Waals surface area contributed by atoms with Gasteiger partial charge in [-0.2, -0.15) is 0 Å². The maximum atomic E-state index is 13.0. The molecule has 7 heteroatoms. The molecule has 1 amide bonds. The van der Waals surface area contributed by atoms with E-state index in [-0.39, 0.29) is 5.91 Å². The van der Waals surface area contributed by atoms with Gasteiger partial charge in [0.25, 0.3) is 0 Å². The lowest BCUT2D eigenvalue weighted by atomic mass is 10.0. The molecule has 166 valence electrons. The molecule has 1 aliphatic rings. The van der Waals surface area contributed by atoms with Gasteiger partial charge in [-0.25, -0.2) is 4.98 Å². The van der Waals surface area contributed by atoms with E-state index in [1.165, 1.54) is 5.39 Å². The minimum atomic E-state index is 0.169. The number of nitrogens with one attached hydrogen (secondary N) is 1.